The zero-order valence-corrected chi connectivity index (χ0v) is 16.0. The van der Waals surface area contributed by atoms with Gasteiger partial charge in [0.1, 0.15) is 0 Å². The molecule has 1 unspecified atom stereocenters. The van der Waals surface area contributed by atoms with E-state index in [1.807, 2.05) is 36.2 Å². The zero-order chi connectivity index (χ0) is 19.1. The number of hydrogen-bond donors (Lipinski definition) is 0. The van der Waals surface area contributed by atoms with E-state index in [-0.39, 0.29) is 5.91 Å². The molecule has 0 N–H and O–H groups in total. The average molecular weight is 376 g/mol. The number of amides is 1. The number of benzene rings is 2. The maximum Gasteiger partial charge on any atom is 0.253 e. The van der Waals surface area contributed by atoms with E-state index in [9.17, 15) is 4.79 Å². The van der Waals surface area contributed by atoms with Crippen LogP contribution in [0.1, 0.15) is 11.1 Å². The molecule has 1 amide bonds. The Hall–Kier alpha value is -2.86. The summed E-state index contributed by atoms with van der Waals surface area (Å²) < 4.78 is 7.97. The standard InChI is InChI=1S/C22H24N4O2/c1-24-19-9-5-4-8-18(19)23-22(24)26-12-13-28-20(15-26)21(27)25-11-10-16-6-2-3-7-17(16)14-25/h2-9,20H,10-15H2,1H3. The van der Waals surface area contributed by atoms with Gasteiger partial charge in [0.2, 0.25) is 5.95 Å². The molecule has 0 aliphatic carbocycles. The van der Waals surface area contributed by atoms with Gasteiger partial charge in [0.15, 0.2) is 6.10 Å². The van der Waals surface area contributed by atoms with Crippen molar-refractivity contribution < 1.29 is 9.53 Å². The highest BCUT2D eigenvalue weighted by Gasteiger charge is 2.33. The average Bonchev–Trinajstić information content (AvgIpc) is 3.10. The number of fused-ring (bicyclic) bond motifs is 2. The molecule has 2 aliphatic heterocycles. The molecule has 1 saturated heterocycles. The minimum Gasteiger partial charge on any atom is -0.365 e. The van der Waals surface area contributed by atoms with E-state index in [1.54, 1.807) is 0 Å². The molecule has 6 heteroatoms. The fraction of sp³-hybridized carbons (Fsp3) is 0.364. The second kappa shape index (κ2) is 6.95. The minimum absolute atomic E-state index is 0.0815. The van der Waals surface area contributed by atoms with Gasteiger partial charge in [0, 0.05) is 26.7 Å². The van der Waals surface area contributed by atoms with Crippen molar-refractivity contribution >= 4 is 22.9 Å². The molecule has 0 saturated carbocycles. The van der Waals surface area contributed by atoms with Crippen LogP contribution in [-0.4, -0.2) is 52.7 Å². The van der Waals surface area contributed by atoms with Crippen molar-refractivity contribution in [3.8, 4) is 0 Å². The molecular formula is C22H24N4O2. The van der Waals surface area contributed by atoms with Crippen molar-refractivity contribution in [2.24, 2.45) is 7.05 Å². The Labute approximate surface area is 164 Å². The lowest BCUT2D eigenvalue weighted by Crippen LogP contribution is -2.52. The Kier molecular flexibility index (Phi) is 4.28. The van der Waals surface area contributed by atoms with Crippen LogP contribution in [0, 0.1) is 0 Å². The van der Waals surface area contributed by atoms with Crippen LogP contribution in [0.2, 0.25) is 0 Å². The fourth-order valence-electron chi connectivity index (χ4n) is 4.28. The van der Waals surface area contributed by atoms with Gasteiger partial charge in [-0.05, 0) is 29.7 Å². The van der Waals surface area contributed by atoms with E-state index in [1.165, 1.54) is 11.1 Å². The number of carbonyl (C=O) groups excluding carboxylic acids is 1. The number of imidazole rings is 1. The third-order valence-electron chi connectivity index (χ3n) is 5.83. The summed E-state index contributed by atoms with van der Waals surface area (Å²) in [5.74, 6) is 0.976. The predicted octanol–water partition coefficient (Wildman–Crippen LogP) is 2.36. The lowest BCUT2D eigenvalue weighted by atomic mass is 9.99. The maximum absolute atomic E-state index is 13.1. The largest absolute Gasteiger partial charge is 0.365 e. The number of nitrogens with zero attached hydrogens (tertiary/aromatic N) is 4. The van der Waals surface area contributed by atoms with Crippen molar-refractivity contribution in [2.75, 3.05) is 31.1 Å². The summed E-state index contributed by atoms with van der Waals surface area (Å²) in [7, 11) is 2.03. The molecule has 1 atom stereocenters. The second-order valence-electron chi connectivity index (χ2n) is 7.54. The van der Waals surface area contributed by atoms with Gasteiger partial charge in [-0.1, -0.05) is 36.4 Å². The Balaban J connectivity index is 1.34. The second-order valence-corrected chi connectivity index (χ2v) is 7.54. The summed E-state index contributed by atoms with van der Waals surface area (Å²) in [6.45, 7) is 3.23. The van der Waals surface area contributed by atoms with Crippen molar-refractivity contribution in [1.82, 2.24) is 14.5 Å². The minimum atomic E-state index is -0.446. The quantitative estimate of drug-likeness (QED) is 0.689. The molecule has 2 aromatic carbocycles. The smallest absolute Gasteiger partial charge is 0.253 e. The molecular weight excluding hydrogens is 352 g/mol. The highest BCUT2D eigenvalue weighted by molar-refractivity contribution is 5.83. The fourth-order valence-corrected chi connectivity index (χ4v) is 4.28. The van der Waals surface area contributed by atoms with Gasteiger partial charge >= 0.3 is 0 Å². The van der Waals surface area contributed by atoms with Crippen molar-refractivity contribution in [2.45, 2.75) is 19.1 Å². The summed E-state index contributed by atoms with van der Waals surface area (Å²) in [5, 5.41) is 0. The van der Waals surface area contributed by atoms with Gasteiger partial charge in [-0.2, -0.15) is 0 Å². The highest BCUT2D eigenvalue weighted by Crippen LogP contribution is 2.24. The first-order valence-corrected chi connectivity index (χ1v) is 9.84. The number of morpholine rings is 1. The molecule has 1 fully saturated rings. The van der Waals surface area contributed by atoms with E-state index >= 15 is 0 Å². The number of carbonyl (C=O) groups is 1. The predicted molar refractivity (Wildman–Crippen MR) is 108 cm³/mol. The Morgan fingerprint density at radius 2 is 1.86 bits per heavy atom. The Morgan fingerprint density at radius 1 is 1.07 bits per heavy atom. The first kappa shape index (κ1) is 17.3. The van der Waals surface area contributed by atoms with Crippen LogP contribution in [0.15, 0.2) is 48.5 Å². The number of para-hydroxylation sites is 2. The molecule has 0 spiro atoms. The molecule has 144 valence electrons. The van der Waals surface area contributed by atoms with Gasteiger partial charge < -0.3 is 19.1 Å². The van der Waals surface area contributed by atoms with E-state index < -0.39 is 6.10 Å². The van der Waals surface area contributed by atoms with E-state index in [0.29, 0.717) is 19.7 Å². The van der Waals surface area contributed by atoms with Crippen LogP contribution < -0.4 is 4.90 Å². The maximum atomic E-state index is 13.1. The Morgan fingerprint density at radius 3 is 2.71 bits per heavy atom. The molecule has 28 heavy (non-hydrogen) atoms. The molecule has 2 aliphatic rings. The van der Waals surface area contributed by atoms with Gasteiger partial charge in [-0.25, -0.2) is 4.98 Å². The van der Waals surface area contributed by atoms with Gasteiger partial charge in [-0.3, -0.25) is 4.79 Å². The first-order valence-electron chi connectivity index (χ1n) is 9.84. The summed E-state index contributed by atoms with van der Waals surface area (Å²) in [5.41, 5.74) is 4.66. The van der Waals surface area contributed by atoms with Crippen molar-refractivity contribution in [3.63, 3.8) is 0 Å². The van der Waals surface area contributed by atoms with Crippen LogP contribution in [0.5, 0.6) is 0 Å². The number of ether oxygens (including phenoxy) is 1. The van der Waals surface area contributed by atoms with E-state index in [2.05, 4.69) is 33.7 Å². The van der Waals surface area contributed by atoms with Crippen LogP contribution >= 0.6 is 0 Å². The topological polar surface area (TPSA) is 50.6 Å². The molecule has 0 radical (unpaired) electrons. The van der Waals surface area contributed by atoms with Crippen LogP contribution in [0.25, 0.3) is 11.0 Å². The van der Waals surface area contributed by atoms with Crippen LogP contribution in [0.4, 0.5) is 5.95 Å². The molecule has 0 bridgehead atoms. The number of rotatable bonds is 2. The highest BCUT2D eigenvalue weighted by atomic mass is 16.5. The zero-order valence-electron chi connectivity index (χ0n) is 16.0. The molecule has 3 heterocycles. The SMILES string of the molecule is Cn1c(N2CCOC(C(=O)N3CCc4ccccc4C3)C2)nc2ccccc21. The summed E-state index contributed by atoms with van der Waals surface area (Å²) in [6.07, 6.45) is 0.460. The van der Waals surface area contributed by atoms with E-state index in [0.717, 1.165) is 36.5 Å². The Bertz CT molecular complexity index is 1030. The van der Waals surface area contributed by atoms with Crippen LogP contribution in [-0.2, 0) is 29.5 Å². The lowest BCUT2D eigenvalue weighted by Gasteiger charge is -2.37. The molecule has 5 rings (SSSR count). The molecule has 3 aromatic rings. The van der Waals surface area contributed by atoms with Crippen molar-refractivity contribution in [1.29, 1.82) is 0 Å². The summed E-state index contributed by atoms with van der Waals surface area (Å²) in [4.78, 5) is 22.0. The number of aromatic nitrogens is 2. The van der Waals surface area contributed by atoms with Crippen molar-refractivity contribution in [3.05, 3.63) is 59.7 Å². The molecule has 6 nitrogen and oxygen atoms in total. The molecule has 1 aromatic heterocycles. The number of hydrogen-bond acceptors (Lipinski definition) is 4. The lowest BCUT2D eigenvalue weighted by molar-refractivity contribution is -0.145. The van der Waals surface area contributed by atoms with Gasteiger partial charge in [0.25, 0.3) is 5.91 Å². The normalized spacial score (nSPS) is 19.7. The first-order chi connectivity index (χ1) is 13.7. The monoisotopic (exact) mass is 376 g/mol. The number of aryl methyl sites for hydroxylation is 1. The van der Waals surface area contributed by atoms with E-state index in [4.69, 9.17) is 9.72 Å². The number of anilines is 1. The third kappa shape index (κ3) is 2.94. The van der Waals surface area contributed by atoms with Gasteiger partial charge in [0.05, 0.1) is 24.2 Å². The summed E-state index contributed by atoms with van der Waals surface area (Å²) in [6, 6.07) is 16.5. The van der Waals surface area contributed by atoms with Crippen LogP contribution in [0.3, 0.4) is 0 Å². The third-order valence-corrected chi connectivity index (χ3v) is 5.83. The summed E-state index contributed by atoms with van der Waals surface area (Å²) >= 11 is 0. The van der Waals surface area contributed by atoms with Gasteiger partial charge in [-0.15, -0.1) is 0 Å².